The molecule has 0 saturated carbocycles. The van der Waals surface area contributed by atoms with Crippen LogP contribution >= 0.6 is 11.8 Å². The van der Waals surface area contributed by atoms with Gasteiger partial charge in [0.25, 0.3) is 0 Å². The van der Waals surface area contributed by atoms with Gasteiger partial charge in [-0.25, -0.2) is 9.97 Å². The van der Waals surface area contributed by atoms with E-state index >= 15 is 0 Å². The van der Waals surface area contributed by atoms with E-state index in [1.807, 2.05) is 17.8 Å². The Kier molecular flexibility index (Phi) is 3.21. The molecule has 1 aromatic heterocycles. The average molecular weight is 210 g/mol. The Balaban J connectivity index is 2.13. The van der Waals surface area contributed by atoms with E-state index in [-0.39, 0.29) is 0 Å². The summed E-state index contributed by atoms with van der Waals surface area (Å²) in [5, 5.41) is 0. The second kappa shape index (κ2) is 4.61. The molecular weight excluding hydrogens is 196 g/mol. The fourth-order valence-electron chi connectivity index (χ4n) is 1.46. The number of hydrogen-bond acceptors (Lipinski definition) is 5. The van der Waals surface area contributed by atoms with Gasteiger partial charge in [0.05, 0.1) is 6.54 Å². The van der Waals surface area contributed by atoms with Gasteiger partial charge in [-0.1, -0.05) is 0 Å². The second-order valence-corrected chi connectivity index (χ2v) is 4.36. The number of rotatable bonds is 2. The first-order valence-corrected chi connectivity index (χ1v) is 5.90. The molecule has 0 bridgehead atoms. The molecule has 0 radical (unpaired) electrons. The minimum absolute atomic E-state index is 0.413. The van der Waals surface area contributed by atoms with E-state index in [2.05, 4.69) is 14.9 Å². The van der Waals surface area contributed by atoms with Crippen LogP contribution in [0.15, 0.2) is 12.3 Å². The van der Waals surface area contributed by atoms with Crippen LogP contribution in [0.25, 0.3) is 0 Å². The van der Waals surface area contributed by atoms with Crippen LogP contribution < -0.4 is 10.6 Å². The van der Waals surface area contributed by atoms with Crippen molar-refractivity contribution in [2.75, 3.05) is 29.5 Å². The van der Waals surface area contributed by atoms with Crippen molar-refractivity contribution in [2.24, 2.45) is 5.73 Å². The zero-order valence-corrected chi connectivity index (χ0v) is 8.83. The number of anilines is 1. The van der Waals surface area contributed by atoms with Crippen molar-refractivity contribution in [3.8, 4) is 0 Å². The molecule has 0 atom stereocenters. The van der Waals surface area contributed by atoms with Gasteiger partial charge in [-0.05, 0) is 6.07 Å². The molecule has 0 spiro atoms. The molecule has 5 heteroatoms. The lowest BCUT2D eigenvalue weighted by Gasteiger charge is -2.27. The minimum atomic E-state index is 0.413. The lowest BCUT2D eigenvalue weighted by atomic mass is 10.4. The summed E-state index contributed by atoms with van der Waals surface area (Å²) in [4.78, 5) is 10.8. The summed E-state index contributed by atoms with van der Waals surface area (Å²) in [7, 11) is 0. The van der Waals surface area contributed by atoms with Gasteiger partial charge >= 0.3 is 0 Å². The fourth-order valence-corrected chi connectivity index (χ4v) is 2.36. The molecule has 76 valence electrons. The number of hydrogen-bond donors (Lipinski definition) is 1. The van der Waals surface area contributed by atoms with Crippen LogP contribution in [-0.4, -0.2) is 34.6 Å². The Bertz CT molecular complexity index is 299. The summed E-state index contributed by atoms with van der Waals surface area (Å²) >= 11 is 1.99. The smallest absolute Gasteiger partial charge is 0.144 e. The van der Waals surface area contributed by atoms with Crippen LogP contribution in [0.1, 0.15) is 5.82 Å². The third-order valence-corrected chi connectivity index (χ3v) is 3.15. The Morgan fingerprint density at radius 2 is 2.21 bits per heavy atom. The largest absolute Gasteiger partial charge is 0.355 e. The second-order valence-electron chi connectivity index (χ2n) is 3.13. The molecule has 1 aliphatic heterocycles. The van der Waals surface area contributed by atoms with Gasteiger partial charge in [-0.2, -0.15) is 11.8 Å². The molecule has 0 amide bonds. The molecule has 0 aliphatic carbocycles. The minimum Gasteiger partial charge on any atom is -0.355 e. The topological polar surface area (TPSA) is 55.0 Å². The van der Waals surface area contributed by atoms with Crippen molar-refractivity contribution < 1.29 is 0 Å². The molecular formula is C9H14N4S. The summed E-state index contributed by atoms with van der Waals surface area (Å²) < 4.78 is 0. The maximum atomic E-state index is 5.50. The van der Waals surface area contributed by atoms with Gasteiger partial charge in [-0.3, -0.25) is 0 Å². The zero-order valence-electron chi connectivity index (χ0n) is 8.02. The zero-order chi connectivity index (χ0) is 9.80. The molecule has 0 aromatic carbocycles. The van der Waals surface area contributed by atoms with Crippen LogP contribution in [0.3, 0.4) is 0 Å². The highest BCUT2D eigenvalue weighted by Gasteiger charge is 2.12. The van der Waals surface area contributed by atoms with E-state index < -0.39 is 0 Å². The molecule has 14 heavy (non-hydrogen) atoms. The SMILES string of the molecule is NCc1nccc(N2CCSCC2)n1. The van der Waals surface area contributed by atoms with Crippen LogP contribution in [0.5, 0.6) is 0 Å². The van der Waals surface area contributed by atoms with Gasteiger partial charge < -0.3 is 10.6 Å². The molecule has 0 unspecified atom stereocenters. The van der Waals surface area contributed by atoms with Gasteiger partial charge in [0.1, 0.15) is 11.6 Å². The van der Waals surface area contributed by atoms with Crippen molar-refractivity contribution in [1.29, 1.82) is 0 Å². The molecule has 1 aliphatic rings. The highest BCUT2D eigenvalue weighted by atomic mass is 32.2. The van der Waals surface area contributed by atoms with E-state index in [4.69, 9.17) is 5.73 Å². The van der Waals surface area contributed by atoms with Crippen molar-refractivity contribution in [3.63, 3.8) is 0 Å². The molecule has 2 heterocycles. The molecule has 1 aromatic rings. The normalized spacial score (nSPS) is 17.1. The predicted octanol–water partition coefficient (Wildman–Crippen LogP) is 0.488. The van der Waals surface area contributed by atoms with E-state index in [0.717, 1.165) is 24.7 Å². The van der Waals surface area contributed by atoms with E-state index in [0.29, 0.717) is 6.54 Å². The first kappa shape index (κ1) is 9.73. The Morgan fingerprint density at radius 1 is 1.43 bits per heavy atom. The van der Waals surface area contributed by atoms with Gasteiger partial charge in [0.2, 0.25) is 0 Å². The summed E-state index contributed by atoms with van der Waals surface area (Å²) in [5.74, 6) is 4.10. The highest BCUT2D eigenvalue weighted by Crippen LogP contribution is 2.16. The van der Waals surface area contributed by atoms with Gasteiger partial charge in [-0.15, -0.1) is 0 Å². The number of thioether (sulfide) groups is 1. The van der Waals surface area contributed by atoms with Crippen LogP contribution in [0.2, 0.25) is 0 Å². The maximum absolute atomic E-state index is 5.50. The van der Waals surface area contributed by atoms with Crippen molar-refractivity contribution in [2.45, 2.75) is 6.54 Å². The summed E-state index contributed by atoms with van der Waals surface area (Å²) in [6.07, 6.45) is 1.78. The van der Waals surface area contributed by atoms with E-state index in [1.165, 1.54) is 11.5 Å². The molecule has 2 N–H and O–H groups in total. The Hall–Kier alpha value is -0.810. The number of nitrogens with zero attached hydrogens (tertiary/aromatic N) is 3. The van der Waals surface area contributed by atoms with Crippen LogP contribution in [0, 0.1) is 0 Å². The third-order valence-electron chi connectivity index (χ3n) is 2.21. The van der Waals surface area contributed by atoms with Gasteiger partial charge in [0.15, 0.2) is 0 Å². The summed E-state index contributed by atoms with van der Waals surface area (Å²) in [6.45, 7) is 2.56. The molecule has 4 nitrogen and oxygen atoms in total. The van der Waals surface area contributed by atoms with Crippen molar-refractivity contribution in [1.82, 2.24) is 9.97 Å². The molecule has 2 rings (SSSR count). The lowest BCUT2D eigenvalue weighted by Crippen LogP contribution is -2.33. The third kappa shape index (κ3) is 2.16. The number of aromatic nitrogens is 2. The lowest BCUT2D eigenvalue weighted by molar-refractivity contribution is 0.813. The fraction of sp³-hybridized carbons (Fsp3) is 0.556. The summed E-state index contributed by atoms with van der Waals surface area (Å²) in [6, 6.07) is 1.95. The molecule has 1 fully saturated rings. The van der Waals surface area contributed by atoms with E-state index in [1.54, 1.807) is 6.20 Å². The van der Waals surface area contributed by atoms with Crippen LogP contribution in [0.4, 0.5) is 5.82 Å². The average Bonchev–Trinajstić information content (AvgIpc) is 2.30. The quantitative estimate of drug-likeness (QED) is 0.770. The molecule has 1 saturated heterocycles. The first-order valence-electron chi connectivity index (χ1n) is 4.75. The van der Waals surface area contributed by atoms with Crippen LogP contribution in [-0.2, 0) is 6.54 Å². The van der Waals surface area contributed by atoms with Crippen molar-refractivity contribution >= 4 is 17.6 Å². The predicted molar refractivity (Wildman–Crippen MR) is 59.5 cm³/mol. The Labute approximate surface area is 87.9 Å². The van der Waals surface area contributed by atoms with Gasteiger partial charge in [0, 0.05) is 30.8 Å². The monoisotopic (exact) mass is 210 g/mol. The number of nitrogens with two attached hydrogens (primary N) is 1. The first-order chi connectivity index (χ1) is 6.90. The Morgan fingerprint density at radius 3 is 2.93 bits per heavy atom. The van der Waals surface area contributed by atoms with Crippen molar-refractivity contribution in [3.05, 3.63) is 18.1 Å². The summed E-state index contributed by atoms with van der Waals surface area (Å²) in [5.41, 5.74) is 5.50. The maximum Gasteiger partial charge on any atom is 0.144 e. The highest BCUT2D eigenvalue weighted by molar-refractivity contribution is 7.99. The standard InChI is InChI=1S/C9H14N4S/c10-7-8-11-2-1-9(12-8)13-3-5-14-6-4-13/h1-2H,3-7,10H2. The van der Waals surface area contributed by atoms with E-state index in [9.17, 15) is 0 Å².